The summed E-state index contributed by atoms with van der Waals surface area (Å²) in [6, 6.07) is 11.4. The molecule has 1 aliphatic rings. The number of nitrogens with zero attached hydrogens (tertiary/aromatic N) is 3. The number of rotatable bonds is 3. The molecule has 0 unspecified atom stereocenters. The minimum atomic E-state index is -0.296. The molecule has 0 saturated carbocycles. The van der Waals surface area contributed by atoms with Gasteiger partial charge in [0.1, 0.15) is 0 Å². The lowest BCUT2D eigenvalue weighted by Crippen LogP contribution is -2.36. The Morgan fingerprint density at radius 3 is 2.79 bits per heavy atom. The van der Waals surface area contributed by atoms with E-state index in [0.717, 1.165) is 43.7 Å². The maximum Gasteiger partial charge on any atom is 0.420 e. The van der Waals surface area contributed by atoms with Crippen molar-refractivity contribution in [1.82, 2.24) is 14.5 Å². The number of benzene rings is 1. The van der Waals surface area contributed by atoms with Crippen LogP contribution in [0.5, 0.6) is 0 Å². The van der Waals surface area contributed by atoms with Gasteiger partial charge in [0.2, 0.25) is 0 Å². The SMILES string of the molecule is O=c1oc2ccc(Cl)cc2n1C1CCN(Cc2ccccn2)CC1. The van der Waals surface area contributed by atoms with Crippen LogP contribution in [-0.2, 0) is 6.54 Å². The summed E-state index contributed by atoms with van der Waals surface area (Å²) >= 11 is 6.08. The summed E-state index contributed by atoms with van der Waals surface area (Å²) in [5, 5.41) is 0.615. The van der Waals surface area contributed by atoms with Crippen LogP contribution in [0.15, 0.2) is 51.8 Å². The van der Waals surface area contributed by atoms with E-state index in [1.807, 2.05) is 30.5 Å². The van der Waals surface area contributed by atoms with Crippen molar-refractivity contribution in [3.8, 4) is 0 Å². The monoisotopic (exact) mass is 343 g/mol. The van der Waals surface area contributed by atoms with Crippen LogP contribution in [0.2, 0.25) is 5.02 Å². The molecule has 0 atom stereocenters. The van der Waals surface area contributed by atoms with Gasteiger partial charge in [-0.3, -0.25) is 14.5 Å². The summed E-state index contributed by atoms with van der Waals surface area (Å²) < 4.78 is 7.12. The molecule has 0 N–H and O–H groups in total. The van der Waals surface area contributed by atoms with Gasteiger partial charge in [-0.25, -0.2) is 4.79 Å². The zero-order valence-electron chi connectivity index (χ0n) is 13.2. The number of pyridine rings is 1. The normalized spacial score (nSPS) is 16.7. The van der Waals surface area contributed by atoms with Crippen molar-refractivity contribution in [3.05, 3.63) is 63.9 Å². The number of piperidine rings is 1. The van der Waals surface area contributed by atoms with Gasteiger partial charge < -0.3 is 4.42 Å². The molecule has 2 aromatic heterocycles. The molecule has 3 aromatic rings. The highest BCUT2D eigenvalue weighted by molar-refractivity contribution is 6.31. The Morgan fingerprint density at radius 1 is 1.21 bits per heavy atom. The third-order valence-corrected chi connectivity index (χ3v) is 4.84. The van der Waals surface area contributed by atoms with Gasteiger partial charge in [0.25, 0.3) is 0 Å². The van der Waals surface area contributed by atoms with Gasteiger partial charge in [0.15, 0.2) is 5.58 Å². The van der Waals surface area contributed by atoms with Crippen LogP contribution in [0.3, 0.4) is 0 Å². The summed E-state index contributed by atoms with van der Waals surface area (Å²) in [6.45, 7) is 2.71. The molecule has 6 heteroatoms. The zero-order valence-corrected chi connectivity index (χ0v) is 13.9. The predicted octanol–water partition coefficient (Wildman–Crippen LogP) is 3.48. The highest BCUT2D eigenvalue weighted by Crippen LogP contribution is 2.27. The quantitative estimate of drug-likeness (QED) is 0.730. The molecular formula is C18H18ClN3O2. The molecule has 0 spiro atoms. The highest BCUT2D eigenvalue weighted by atomic mass is 35.5. The first-order valence-electron chi connectivity index (χ1n) is 8.13. The average Bonchev–Trinajstić information content (AvgIpc) is 2.92. The van der Waals surface area contributed by atoms with E-state index >= 15 is 0 Å². The first-order valence-corrected chi connectivity index (χ1v) is 8.51. The van der Waals surface area contributed by atoms with Gasteiger partial charge >= 0.3 is 5.76 Å². The average molecular weight is 344 g/mol. The summed E-state index contributed by atoms with van der Waals surface area (Å²) in [5.41, 5.74) is 2.46. The summed E-state index contributed by atoms with van der Waals surface area (Å²) in [6.07, 6.45) is 3.64. The van der Waals surface area contributed by atoms with Gasteiger partial charge in [-0.15, -0.1) is 0 Å². The molecule has 1 saturated heterocycles. The first kappa shape index (κ1) is 15.4. The molecule has 1 aromatic carbocycles. The fourth-order valence-electron chi connectivity index (χ4n) is 3.41. The predicted molar refractivity (Wildman–Crippen MR) is 93.3 cm³/mol. The van der Waals surface area contributed by atoms with Crippen LogP contribution < -0.4 is 5.76 Å². The Hall–Kier alpha value is -2.11. The van der Waals surface area contributed by atoms with Crippen LogP contribution >= 0.6 is 11.6 Å². The van der Waals surface area contributed by atoms with E-state index in [-0.39, 0.29) is 11.8 Å². The molecular weight excluding hydrogens is 326 g/mol. The third kappa shape index (κ3) is 2.97. The van der Waals surface area contributed by atoms with Gasteiger partial charge in [0.05, 0.1) is 11.2 Å². The van der Waals surface area contributed by atoms with Gasteiger partial charge in [0, 0.05) is 36.9 Å². The molecule has 0 aliphatic carbocycles. The summed E-state index contributed by atoms with van der Waals surface area (Å²) in [7, 11) is 0. The second-order valence-electron chi connectivity index (χ2n) is 6.18. The second-order valence-corrected chi connectivity index (χ2v) is 6.61. The van der Waals surface area contributed by atoms with E-state index in [4.69, 9.17) is 16.0 Å². The number of hydrogen-bond acceptors (Lipinski definition) is 4. The van der Waals surface area contributed by atoms with Crippen LogP contribution in [0.1, 0.15) is 24.6 Å². The molecule has 0 amide bonds. The van der Waals surface area contributed by atoms with E-state index in [1.54, 1.807) is 16.7 Å². The number of oxazole rings is 1. The zero-order chi connectivity index (χ0) is 16.5. The molecule has 5 nitrogen and oxygen atoms in total. The van der Waals surface area contributed by atoms with Crippen molar-refractivity contribution in [2.75, 3.05) is 13.1 Å². The Labute approximate surface area is 144 Å². The number of fused-ring (bicyclic) bond motifs is 1. The molecule has 1 aliphatic heterocycles. The maximum absolute atomic E-state index is 12.3. The maximum atomic E-state index is 12.3. The fraction of sp³-hybridized carbons (Fsp3) is 0.333. The Bertz CT molecular complexity index is 896. The molecule has 1 fully saturated rings. The molecule has 0 radical (unpaired) electrons. The lowest BCUT2D eigenvalue weighted by atomic mass is 10.0. The lowest BCUT2D eigenvalue weighted by molar-refractivity contribution is 0.176. The molecule has 4 rings (SSSR count). The van der Waals surface area contributed by atoms with Gasteiger partial charge in [-0.05, 0) is 43.2 Å². The van der Waals surface area contributed by atoms with Crippen LogP contribution in [0.4, 0.5) is 0 Å². The molecule has 0 bridgehead atoms. The molecule has 24 heavy (non-hydrogen) atoms. The van der Waals surface area contributed by atoms with Gasteiger partial charge in [-0.1, -0.05) is 17.7 Å². The van der Waals surface area contributed by atoms with Crippen molar-refractivity contribution in [2.24, 2.45) is 0 Å². The standard InChI is InChI=1S/C18H18ClN3O2/c19-13-4-5-17-16(11-13)22(18(23)24-17)15-6-9-21(10-7-15)12-14-3-1-2-8-20-14/h1-5,8,11,15H,6-7,9-10,12H2. The smallest absolute Gasteiger partial charge is 0.408 e. The van der Waals surface area contributed by atoms with Crippen LogP contribution in [0, 0.1) is 0 Å². The topological polar surface area (TPSA) is 51.3 Å². The van der Waals surface area contributed by atoms with Gasteiger partial charge in [-0.2, -0.15) is 0 Å². The van der Waals surface area contributed by atoms with E-state index in [9.17, 15) is 4.79 Å². The Kier molecular flexibility index (Phi) is 4.12. The number of hydrogen-bond donors (Lipinski definition) is 0. The minimum Gasteiger partial charge on any atom is -0.408 e. The van der Waals surface area contributed by atoms with Crippen LogP contribution in [-0.4, -0.2) is 27.5 Å². The van der Waals surface area contributed by atoms with Crippen molar-refractivity contribution in [1.29, 1.82) is 0 Å². The molecule has 124 valence electrons. The van der Waals surface area contributed by atoms with Crippen molar-refractivity contribution in [3.63, 3.8) is 0 Å². The Balaban J connectivity index is 1.51. The van der Waals surface area contributed by atoms with E-state index in [2.05, 4.69) is 9.88 Å². The van der Waals surface area contributed by atoms with Crippen molar-refractivity contribution >= 4 is 22.7 Å². The molecule has 3 heterocycles. The third-order valence-electron chi connectivity index (χ3n) is 4.61. The first-order chi connectivity index (χ1) is 11.7. The van der Waals surface area contributed by atoms with E-state index < -0.39 is 0 Å². The minimum absolute atomic E-state index is 0.150. The van der Waals surface area contributed by atoms with E-state index in [1.165, 1.54) is 0 Å². The second kappa shape index (κ2) is 6.42. The number of aromatic nitrogens is 2. The number of halogens is 1. The Morgan fingerprint density at radius 2 is 2.04 bits per heavy atom. The highest BCUT2D eigenvalue weighted by Gasteiger charge is 2.24. The largest absolute Gasteiger partial charge is 0.420 e. The van der Waals surface area contributed by atoms with Crippen LogP contribution in [0.25, 0.3) is 11.1 Å². The summed E-state index contributed by atoms with van der Waals surface area (Å²) in [4.78, 5) is 19.0. The van der Waals surface area contributed by atoms with Crippen molar-refractivity contribution in [2.45, 2.75) is 25.4 Å². The lowest BCUT2D eigenvalue weighted by Gasteiger charge is -2.31. The number of likely N-dealkylation sites (tertiary alicyclic amines) is 1. The van der Waals surface area contributed by atoms with Crippen molar-refractivity contribution < 1.29 is 4.42 Å². The fourth-order valence-corrected chi connectivity index (χ4v) is 3.58. The van der Waals surface area contributed by atoms with E-state index in [0.29, 0.717) is 10.6 Å². The summed E-state index contributed by atoms with van der Waals surface area (Å²) in [5.74, 6) is -0.296.